The topological polar surface area (TPSA) is 64.6 Å². The van der Waals surface area contributed by atoms with E-state index in [1.165, 1.54) is 0 Å². The Bertz CT molecular complexity index is 499. The molecule has 0 saturated carbocycles. The van der Waals surface area contributed by atoms with E-state index >= 15 is 0 Å². The molecule has 0 unspecified atom stereocenters. The minimum Gasteiger partial charge on any atom is -0.490 e. The van der Waals surface area contributed by atoms with Crippen molar-refractivity contribution >= 4 is 15.7 Å². The average molecular weight is 287 g/mol. The zero-order valence-electron chi connectivity index (χ0n) is 11.6. The molecule has 0 radical (unpaired) electrons. The van der Waals surface area contributed by atoms with Gasteiger partial charge < -0.3 is 9.47 Å². The van der Waals surface area contributed by atoms with E-state index in [4.69, 9.17) is 9.47 Å². The first-order valence-corrected chi connectivity index (χ1v) is 8.07. The van der Waals surface area contributed by atoms with E-state index in [1.54, 1.807) is 18.2 Å². The lowest BCUT2D eigenvalue weighted by Crippen LogP contribution is -2.16. The summed E-state index contributed by atoms with van der Waals surface area (Å²) in [7, 11) is -3.29. The first-order chi connectivity index (χ1) is 9.02. The van der Waals surface area contributed by atoms with E-state index in [0.717, 1.165) is 0 Å². The lowest BCUT2D eigenvalue weighted by atomic mass is 10.3. The molecule has 0 fully saturated rings. The van der Waals surface area contributed by atoms with Crippen molar-refractivity contribution in [2.45, 2.75) is 27.2 Å². The predicted octanol–water partition coefficient (Wildman–Crippen LogP) is 2.64. The van der Waals surface area contributed by atoms with Crippen molar-refractivity contribution in [3.05, 3.63) is 18.2 Å². The van der Waals surface area contributed by atoms with E-state index in [0.29, 0.717) is 36.8 Å². The fraction of sp³-hybridized carbons (Fsp3) is 0.538. The lowest BCUT2D eigenvalue weighted by Gasteiger charge is -2.13. The summed E-state index contributed by atoms with van der Waals surface area (Å²) in [5.41, 5.74) is 0.486. The molecule has 1 rings (SSSR count). The molecule has 0 atom stereocenters. The Kier molecular flexibility index (Phi) is 5.95. The van der Waals surface area contributed by atoms with Gasteiger partial charge >= 0.3 is 0 Å². The maximum Gasteiger partial charge on any atom is 0.232 e. The van der Waals surface area contributed by atoms with E-state index < -0.39 is 10.0 Å². The molecule has 0 spiro atoms. The molecule has 5 nitrogen and oxygen atoms in total. The summed E-state index contributed by atoms with van der Waals surface area (Å²) in [5, 5.41) is 0. The van der Waals surface area contributed by atoms with Gasteiger partial charge in [0.05, 0.1) is 24.7 Å². The van der Waals surface area contributed by atoms with Crippen LogP contribution in [0.4, 0.5) is 5.69 Å². The molecule has 1 aromatic rings. The first-order valence-electron chi connectivity index (χ1n) is 6.42. The molecular formula is C13H21NO4S. The van der Waals surface area contributed by atoms with Crippen LogP contribution in [0.1, 0.15) is 27.2 Å². The van der Waals surface area contributed by atoms with E-state index in [9.17, 15) is 8.42 Å². The Morgan fingerprint density at radius 1 is 1.05 bits per heavy atom. The molecule has 6 heteroatoms. The molecule has 1 N–H and O–H groups in total. The molecule has 0 aliphatic rings. The maximum atomic E-state index is 11.7. The third kappa shape index (κ3) is 4.98. The quantitative estimate of drug-likeness (QED) is 0.798. The Labute approximate surface area is 115 Å². The molecule has 0 saturated heterocycles. The van der Waals surface area contributed by atoms with Crippen LogP contribution < -0.4 is 14.2 Å². The molecule has 1 aromatic carbocycles. The second kappa shape index (κ2) is 7.23. The Balaban J connectivity index is 2.94. The standard InChI is InChI=1S/C13H21NO4S/c1-4-9-19(15,16)14-11-7-8-12(17-5-2)13(10-11)18-6-3/h7-8,10,14H,4-6,9H2,1-3H3. The van der Waals surface area contributed by atoms with E-state index in [1.807, 2.05) is 20.8 Å². The number of sulfonamides is 1. The first kappa shape index (κ1) is 15.6. The van der Waals surface area contributed by atoms with E-state index in [2.05, 4.69) is 4.72 Å². The fourth-order valence-corrected chi connectivity index (χ4v) is 2.74. The van der Waals surface area contributed by atoms with Crippen molar-refractivity contribution in [3.63, 3.8) is 0 Å². The molecule has 108 valence electrons. The molecular weight excluding hydrogens is 266 g/mol. The summed E-state index contributed by atoms with van der Waals surface area (Å²) in [6.07, 6.45) is 0.574. The summed E-state index contributed by atoms with van der Waals surface area (Å²) >= 11 is 0. The van der Waals surface area contributed by atoms with Gasteiger partial charge in [-0.1, -0.05) is 6.92 Å². The third-order valence-corrected chi connectivity index (χ3v) is 3.78. The van der Waals surface area contributed by atoms with Crippen molar-refractivity contribution in [2.24, 2.45) is 0 Å². The smallest absolute Gasteiger partial charge is 0.232 e. The second-order valence-electron chi connectivity index (χ2n) is 3.95. The molecule has 0 heterocycles. The van der Waals surface area contributed by atoms with Gasteiger partial charge in [-0.3, -0.25) is 4.72 Å². The van der Waals surface area contributed by atoms with Crippen LogP contribution in [-0.4, -0.2) is 27.4 Å². The van der Waals surface area contributed by atoms with Gasteiger partial charge in [0.2, 0.25) is 10.0 Å². The van der Waals surface area contributed by atoms with Gasteiger partial charge in [0.25, 0.3) is 0 Å². The van der Waals surface area contributed by atoms with Crippen molar-refractivity contribution in [2.75, 3.05) is 23.7 Å². The van der Waals surface area contributed by atoms with Gasteiger partial charge in [0.1, 0.15) is 0 Å². The largest absolute Gasteiger partial charge is 0.490 e. The van der Waals surface area contributed by atoms with Crippen LogP contribution in [0.2, 0.25) is 0 Å². The third-order valence-electron chi connectivity index (χ3n) is 2.29. The van der Waals surface area contributed by atoms with Crippen molar-refractivity contribution < 1.29 is 17.9 Å². The molecule has 19 heavy (non-hydrogen) atoms. The van der Waals surface area contributed by atoms with Crippen LogP contribution in [0.15, 0.2) is 18.2 Å². The zero-order chi connectivity index (χ0) is 14.3. The highest BCUT2D eigenvalue weighted by atomic mass is 32.2. The summed E-state index contributed by atoms with van der Waals surface area (Å²) in [5.74, 6) is 1.26. The minimum absolute atomic E-state index is 0.101. The van der Waals surface area contributed by atoms with Crippen LogP contribution in [0.3, 0.4) is 0 Å². The van der Waals surface area contributed by atoms with Crippen LogP contribution >= 0.6 is 0 Å². The Hall–Kier alpha value is -1.43. The number of anilines is 1. The SMILES string of the molecule is CCCS(=O)(=O)Nc1ccc(OCC)c(OCC)c1. The van der Waals surface area contributed by atoms with Gasteiger partial charge in [0.15, 0.2) is 11.5 Å². The highest BCUT2D eigenvalue weighted by Gasteiger charge is 2.11. The molecule has 0 aromatic heterocycles. The predicted molar refractivity (Wildman–Crippen MR) is 76.5 cm³/mol. The molecule has 0 amide bonds. The molecule has 0 aliphatic heterocycles. The van der Waals surface area contributed by atoms with Gasteiger partial charge in [0, 0.05) is 6.07 Å². The molecule has 0 aliphatic carbocycles. The van der Waals surface area contributed by atoms with Gasteiger partial charge in [-0.2, -0.15) is 0 Å². The number of rotatable bonds is 8. The highest BCUT2D eigenvalue weighted by Crippen LogP contribution is 2.31. The normalized spacial score (nSPS) is 11.1. The van der Waals surface area contributed by atoms with Gasteiger partial charge in [-0.25, -0.2) is 8.42 Å². The van der Waals surface area contributed by atoms with Gasteiger partial charge in [-0.15, -0.1) is 0 Å². The zero-order valence-corrected chi connectivity index (χ0v) is 12.4. The fourth-order valence-electron chi connectivity index (χ4n) is 1.61. The minimum atomic E-state index is -3.29. The Morgan fingerprint density at radius 2 is 1.68 bits per heavy atom. The van der Waals surface area contributed by atoms with Crippen molar-refractivity contribution in [3.8, 4) is 11.5 Å². The van der Waals surface area contributed by atoms with Crippen molar-refractivity contribution in [1.82, 2.24) is 0 Å². The number of hydrogen-bond donors (Lipinski definition) is 1. The number of ether oxygens (including phenoxy) is 2. The average Bonchev–Trinajstić information content (AvgIpc) is 2.32. The molecule has 0 bridgehead atoms. The Morgan fingerprint density at radius 3 is 2.26 bits per heavy atom. The van der Waals surface area contributed by atoms with E-state index in [-0.39, 0.29) is 5.75 Å². The summed E-state index contributed by atoms with van der Waals surface area (Å²) in [4.78, 5) is 0. The van der Waals surface area contributed by atoms with Gasteiger partial charge in [-0.05, 0) is 32.4 Å². The number of benzene rings is 1. The highest BCUT2D eigenvalue weighted by molar-refractivity contribution is 7.92. The maximum absolute atomic E-state index is 11.7. The van der Waals surface area contributed by atoms with Crippen LogP contribution in [0, 0.1) is 0 Å². The number of hydrogen-bond acceptors (Lipinski definition) is 4. The second-order valence-corrected chi connectivity index (χ2v) is 5.79. The summed E-state index contributed by atoms with van der Waals surface area (Å²) in [6.45, 7) is 6.59. The van der Waals surface area contributed by atoms with Crippen LogP contribution in [0.5, 0.6) is 11.5 Å². The van der Waals surface area contributed by atoms with Crippen molar-refractivity contribution in [1.29, 1.82) is 0 Å². The summed E-state index contributed by atoms with van der Waals surface area (Å²) in [6, 6.07) is 5.01. The summed E-state index contributed by atoms with van der Waals surface area (Å²) < 4.78 is 36.8. The van der Waals surface area contributed by atoms with Crippen LogP contribution in [0.25, 0.3) is 0 Å². The lowest BCUT2D eigenvalue weighted by molar-refractivity contribution is 0.288. The van der Waals surface area contributed by atoms with Crippen LogP contribution in [-0.2, 0) is 10.0 Å². The number of nitrogens with one attached hydrogen (secondary N) is 1. The monoisotopic (exact) mass is 287 g/mol.